The van der Waals surface area contributed by atoms with Crippen molar-refractivity contribution in [2.45, 2.75) is 20.8 Å². The normalized spacial score (nSPS) is 10.2. The average molecular weight is 312 g/mol. The standard InChI is InChI=1S/C18H20N2O3/c1-11-4-5-15(18(19)22)16(9-11)23-10-17(21)20-14-7-12(2)6-13(3)8-14/h4-9H,10H2,1-3H3,(H2,19,22)(H,20,21). The molecule has 5 heteroatoms. The first-order valence-electron chi connectivity index (χ1n) is 7.26. The van der Waals surface area contributed by atoms with E-state index in [0.29, 0.717) is 5.75 Å². The second-order valence-corrected chi connectivity index (χ2v) is 5.58. The molecule has 0 unspecified atom stereocenters. The van der Waals surface area contributed by atoms with Gasteiger partial charge in [-0.2, -0.15) is 0 Å². The summed E-state index contributed by atoms with van der Waals surface area (Å²) >= 11 is 0. The Morgan fingerprint density at radius 2 is 1.65 bits per heavy atom. The second-order valence-electron chi connectivity index (χ2n) is 5.58. The molecule has 0 saturated carbocycles. The van der Waals surface area contributed by atoms with Crippen LogP contribution >= 0.6 is 0 Å². The number of hydrogen-bond acceptors (Lipinski definition) is 3. The lowest BCUT2D eigenvalue weighted by Gasteiger charge is -2.11. The number of nitrogens with two attached hydrogens (primary N) is 1. The van der Waals surface area contributed by atoms with Crippen LogP contribution in [0.4, 0.5) is 5.69 Å². The molecule has 2 amide bonds. The van der Waals surface area contributed by atoms with Crippen molar-refractivity contribution in [3.05, 3.63) is 58.7 Å². The molecule has 5 nitrogen and oxygen atoms in total. The van der Waals surface area contributed by atoms with Crippen LogP contribution in [-0.4, -0.2) is 18.4 Å². The van der Waals surface area contributed by atoms with E-state index < -0.39 is 5.91 Å². The third-order valence-electron chi connectivity index (χ3n) is 3.27. The summed E-state index contributed by atoms with van der Waals surface area (Å²) in [6.45, 7) is 5.60. The Hall–Kier alpha value is -2.82. The van der Waals surface area contributed by atoms with Gasteiger partial charge in [0.2, 0.25) is 0 Å². The lowest BCUT2D eigenvalue weighted by atomic mass is 10.1. The summed E-state index contributed by atoms with van der Waals surface area (Å²) in [5.41, 5.74) is 9.33. The summed E-state index contributed by atoms with van der Waals surface area (Å²) in [6.07, 6.45) is 0. The van der Waals surface area contributed by atoms with Gasteiger partial charge in [0.25, 0.3) is 11.8 Å². The number of primary amides is 1. The van der Waals surface area contributed by atoms with Gasteiger partial charge in [0.1, 0.15) is 5.75 Å². The molecule has 3 N–H and O–H groups in total. The van der Waals surface area contributed by atoms with E-state index >= 15 is 0 Å². The molecule has 120 valence electrons. The highest BCUT2D eigenvalue weighted by molar-refractivity contribution is 5.96. The van der Waals surface area contributed by atoms with E-state index in [1.165, 1.54) is 0 Å². The highest BCUT2D eigenvalue weighted by Crippen LogP contribution is 2.20. The third-order valence-corrected chi connectivity index (χ3v) is 3.27. The topological polar surface area (TPSA) is 81.4 Å². The van der Waals surface area contributed by atoms with Crippen molar-refractivity contribution in [1.82, 2.24) is 0 Å². The molecule has 0 atom stereocenters. The lowest BCUT2D eigenvalue weighted by molar-refractivity contribution is -0.118. The third kappa shape index (κ3) is 4.57. The van der Waals surface area contributed by atoms with Gasteiger partial charge in [-0.25, -0.2) is 0 Å². The Labute approximate surface area is 135 Å². The van der Waals surface area contributed by atoms with E-state index in [-0.39, 0.29) is 18.1 Å². The van der Waals surface area contributed by atoms with Crippen LogP contribution in [0, 0.1) is 20.8 Å². The molecule has 2 aromatic rings. The summed E-state index contributed by atoms with van der Waals surface area (Å²) in [5, 5.41) is 2.78. The fraction of sp³-hybridized carbons (Fsp3) is 0.222. The molecule has 0 aliphatic carbocycles. The summed E-state index contributed by atoms with van der Waals surface area (Å²) in [5.74, 6) is -0.574. The SMILES string of the molecule is Cc1cc(C)cc(NC(=O)COc2cc(C)ccc2C(N)=O)c1. The zero-order valence-corrected chi connectivity index (χ0v) is 13.5. The van der Waals surface area contributed by atoms with Crippen LogP contribution in [0.3, 0.4) is 0 Å². The first-order chi connectivity index (χ1) is 10.8. The molecule has 0 aromatic heterocycles. The second kappa shape index (κ2) is 6.96. The van der Waals surface area contributed by atoms with Crippen LogP contribution in [0.25, 0.3) is 0 Å². The Morgan fingerprint density at radius 1 is 1.00 bits per heavy atom. The number of carbonyl (C=O) groups is 2. The molecule has 0 heterocycles. The van der Waals surface area contributed by atoms with E-state index in [1.807, 2.05) is 39.0 Å². The number of anilines is 1. The van der Waals surface area contributed by atoms with Crippen molar-refractivity contribution < 1.29 is 14.3 Å². The van der Waals surface area contributed by atoms with Crippen LogP contribution < -0.4 is 15.8 Å². The molecule has 0 saturated heterocycles. The van der Waals surface area contributed by atoms with Crippen LogP contribution in [0.1, 0.15) is 27.0 Å². The number of benzene rings is 2. The molecule has 0 fully saturated rings. The predicted molar refractivity (Wildman–Crippen MR) is 89.7 cm³/mol. The zero-order chi connectivity index (χ0) is 17.0. The molecule has 2 rings (SSSR count). The maximum absolute atomic E-state index is 12.0. The van der Waals surface area contributed by atoms with Crippen molar-refractivity contribution in [2.24, 2.45) is 5.73 Å². The van der Waals surface area contributed by atoms with Gasteiger partial charge in [0.05, 0.1) is 5.56 Å². The summed E-state index contributed by atoms with van der Waals surface area (Å²) < 4.78 is 5.46. The van der Waals surface area contributed by atoms with Crippen LogP contribution in [0.2, 0.25) is 0 Å². The number of hydrogen-bond donors (Lipinski definition) is 2. The highest BCUT2D eigenvalue weighted by atomic mass is 16.5. The van der Waals surface area contributed by atoms with Gasteiger partial charge in [-0.05, 0) is 61.7 Å². The largest absolute Gasteiger partial charge is 0.483 e. The van der Waals surface area contributed by atoms with Gasteiger partial charge in [-0.3, -0.25) is 9.59 Å². The van der Waals surface area contributed by atoms with Crippen molar-refractivity contribution in [3.8, 4) is 5.75 Å². The molecule has 23 heavy (non-hydrogen) atoms. The number of aryl methyl sites for hydroxylation is 3. The van der Waals surface area contributed by atoms with E-state index in [0.717, 1.165) is 22.4 Å². The lowest BCUT2D eigenvalue weighted by Crippen LogP contribution is -2.22. The molecular formula is C18H20N2O3. The van der Waals surface area contributed by atoms with E-state index in [9.17, 15) is 9.59 Å². The van der Waals surface area contributed by atoms with E-state index in [1.54, 1.807) is 18.2 Å². The van der Waals surface area contributed by atoms with E-state index in [4.69, 9.17) is 10.5 Å². The van der Waals surface area contributed by atoms with Gasteiger partial charge in [0, 0.05) is 5.69 Å². The summed E-state index contributed by atoms with van der Waals surface area (Å²) in [7, 11) is 0. The number of ether oxygens (including phenoxy) is 1. The smallest absolute Gasteiger partial charge is 0.262 e. The van der Waals surface area contributed by atoms with E-state index in [2.05, 4.69) is 5.32 Å². The van der Waals surface area contributed by atoms with Crippen LogP contribution in [0.15, 0.2) is 36.4 Å². The molecule has 0 aliphatic rings. The number of amides is 2. The molecule has 0 spiro atoms. The Morgan fingerprint density at radius 3 is 2.26 bits per heavy atom. The van der Waals surface area contributed by atoms with Gasteiger partial charge in [-0.1, -0.05) is 12.1 Å². The molecule has 0 aliphatic heterocycles. The maximum atomic E-state index is 12.0. The number of nitrogens with one attached hydrogen (secondary N) is 1. The van der Waals surface area contributed by atoms with Crippen molar-refractivity contribution >= 4 is 17.5 Å². The minimum atomic E-state index is -0.588. The Bertz CT molecular complexity index is 734. The quantitative estimate of drug-likeness (QED) is 0.890. The predicted octanol–water partition coefficient (Wildman–Crippen LogP) is 2.73. The fourth-order valence-corrected chi connectivity index (χ4v) is 2.34. The minimum absolute atomic E-state index is 0.198. The van der Waals surface area contributed by atoms with Gasteiger partial charge in [-0.15, -0.1) is 0 Å². The number of rotatable bonds is 5. The minimum Gasteiger partial charge on any atom is -0.483 e. The Kier molecular flexibility index (Phi) is 5.01. The fourth-order valence-electron chi connectivity index (χ4n) is 2.34. The highest BCUT2D eigenvalue weighted by Gasteiger charge is 2.11. The molecule has 0 bridgehead atoms. The Balaban J connectivity index is 2.04. The summed E-state index contributed by atoms with van der Waals surface area (Å²) in [6, 6.07) is 10.8. The first-order valence-corrected chi connectivity index (χ1v) is 7.26. The van der Waals surface area contributed by atoms with Gasteiger partial charge in [0.15, 0.2) is 6.61 Å². The molecule has 2 aromatic carbocycles. The molecule has 0 radical (unpaired) electrons. The van der Waals surface area contributed by atoms with Crippen LogP contribution in [-0.2, 0) is 4.79 Å². The first kappa shape index (κ1) is 16.5. The van der Waals surface area contributed by atoms with Crippen molar-refractivity contribution in [1.29, 1.82) is 0 Å². The maximum Gasteiger partial charge on any atom is 0.262 e. The van der Waals surface area contributed by atoms with Gasteiger partial charge >= 0.3 is 0 Å². The summed E-state index contributed by atoms with van der Waals surface area (Å²) in [4.78, 5) is 23.4. The van der Waals surface area contributed by atoms with Crippen LogP contribution in [0.5, 0.6) is 5.75 Å². The molecular weight excluding hydrogens is 292 g/mol. The van der Waals surface area contributed by atoms with Gasteiger partial charge < -0.3 is 15.8 Å². The average Bonchev–Trinajstić information content (AvgIpc) is 2.43. The zero-order valence-electron chi connectivity index (χ0n) is 13.5. The monoisotopic (exact) mass is 312 g/mol. The number of carbonyl (C=O) groups excluding carboxylic acids is 2. The van der Waals surface area contributed by atoms with Crippen molar-refractivity contribution in [2.75, 3.05) is 11.9 Å². The van der Waals surface area contributed by atoms with Crippen molar-refractivity contribution in [3.63, 3.8) is 0 Å².